The lowest BCUT2D eigenvalue weighted by Crippen LogP contribution is -2.63. The third kappa shape index (κ3) is 4.58. The van der Waals surface area contributed by atoms with Crippen molar-refractivity contribution < 1.29 is 29.0 Å². The van der Waals surface area contributed by atoms with Gasteiger partial charge in [0.05, 0.1) is 12.6 Å². The van der Waals surface area contributed by atoms with Gasteiger partial charge in [0.25, 0.3) is 0 Å². The number of carbonyl (C=O) groups excluding carboxylic acids is 2. The molecule has 4 rings (SSSR count). The standard InChI is InChI=1S/C26H30N2O6/c1-16-13-28(22(23(29)30)14-27(16)25(32)34-26(2,3)4)24(31)33-15-21-19-11-7-5-9-17(19)18-10-6-8-12-20(18)21/h5-12,16,21-22H,13-15H2,1-4H3,(H,29,30)/t16-,22-/m1/s1. The Kier molecular flexibility index (Phi) is 6.25. The molecule has 1 saturated heterocycles. The van der Waals surface area contributed by atoms with Crippen molar-refractivity contribution in [2.45, 2.75) is 51.3 Å². The molecule has 0 aromatic heterocycles. The quantitative estimate of drug-likeness (QED) is 0.723. The monoisotopic (exact) mass is 466 g/mol. The predicted molar refractivity (Wildman–Crippen MR) is 126 cm³/mol. The summed E-state index contributed by atoms with van der Waals surface area (Å²) in [6, 6.07) is 14.4. The first-order valence-electron chi connectivity index (χ1n) is 11.4. The van der Waals surface area contributed by atoms with Crippen molar-refractivity contribution in [3.05, 3.63) is 59.7 Å². The van der Waals surface area contributed by atoms with E-state index >= 15 is 0 Å². The Hall–Kier alpha value is -3.55. The van der Waals surface area contributed by atoms with Crippen LogP contribution in [0.1, 0.15) is 44.7 Å². The van der Waals surface area contributed by atoms with E-state index in [9.17, 15) is 19.5 Å². The molecular weight excluding hydrogens is 436 g/mol. The number of carbonyl (C=O) groups is 3. The molecule has 2 aromatic carbocycles. The zero-order valence-electron chi connectivity index (χ0n) is 19.9. The third-order valence-electron chi connectivity index (χ3n) is 6.22. The molecule has 34 heavy (non-hydrogen) atoms. The highest BCUT2D eigenvalue weighted by molar-refractivity contribution is 5.82. The molecule has 2 amide bonds. The summed E-state index contributed by atoms with van der Waals surface area (Å²) in [5.74, 6) is -1.32. The van der Waals surface area contributed by atoms with Gasteiger partial charge in [-0.2, -0.15) is 0 Å². The van der Waals surface area contributed by atoms with E-state index in [4.69, 9.17) is 9.47 Å². The second-order valence-corrected chi connectivity index (χ2v) is 9.79. The van der Waals surface area contributed by atoms with Gasteiger partial charge in [0.2, 0.25) is 0 Å². The lowest BCUT2D eigenvalue weighted by atomic mass is 9.98. The van der Waals surface area contributed by atoms with Crippen LogP contribution in [-0.2, 0) is 14.3 Å². The number of nitrogens with zero attached hydrogens (tertiary/aromatic N) is 2. The first-order valence-corrected chi connectivity index (χ1v) is 11.4. The van der Waals surface area contributed by atoms with E-state index in [-0.39, 0.29) is 25.6 Å². The van der Waals surface area contributed by atoms with Gasteiger partial charge in [-0.3, -0.25) is 4.90 Å². The summed E-state index contributed by atoms with van der Waals surface area (Å²) < 4.78 is 11.1. The zero-order valence-corrected chi connectivity index (χ0v) is 19.9. The number of carboxylic acid groups (broad SMARTS) is 1. The minimum Gasteiger partial charge on any atom is -0.480 e. The highest BCUT2D eigenvalue weighted by Crippen LogP contribution is 2.44. The zero-order chi connectivity index (χ0) is 24.6. The van der Waals surface area contributed by atoms with E-state index in [2.05, 4.69) is 0 Å². The third-order valence-corrected chi connectivity index (χ3v) is 6.22. The van der Waals surface area contributed by atoms with Crippen LogP contribution in [0.5, 0.6) is 0 Å². The van der Waals surface area contributed by atoms with E-state index in [1.807, 2.05) is 48.5 Å². The second-order valence-electron chi connectivity index (χ2n) is 9.79. The predicted octanol–water partition coefficient (Wildman–Crippen LogP) is 4.33. The van der Waals surface area contributed by atoms with Gasteiger partial charge in [-0.1, -0.05) is 48.5 Å². The van der Waals surface area contributed by atoms with Gasteiger partial charge in [0.1, 0.15) is 12.2 Å². The molecule has 1 fully saturated rings. The summed E-state index contributed by atoms with van der Waals surface area (Å²) >= 11 is 0. The van der Waals surface area contributed by atoms with Crippen LogP contribution in [0, 0.1) is 0 Å². The fourth-order valence-electron chi connectivity index (χ4n) is 4.64. The molecule has 2 aliphatic rings. The van der Waals surface area contributed by atoms with Gasteiger partial charge in [0, 0.05) is 12.5 Å². The van der Waals surface area contributed by atoms with Crippen LogP contribution in [0.2, 0.25) is 0 Å². The molecular formula is C26H30N2O6. The van der Waals surface area contributed by atoms with E-state index in [1.165, 1.54) is 9.80 Å². The van der Waals surface area contributed by atoms with Gasteiger partial charge in [-0.25, -0.2) is 14.4 Å². The fraction of sp³-hybridized carbons (Fsp3) is 0.423. The van der Waals surface area contributed by atoms with E-state index in [0.29, 0.717) is 0 Å². The summed E-state index contributed by atoms with van der Waals surface area (Å²) in [6.07, 6.45) is -1.30. The molecule has 8 heteroatoms. The molecule has 8 nitrogen and oxygen atoms in total. The van der Waals surface area contributed by atoms with Crippen molar-refractivity contribution in [3.63, 3.8) is 0 Å². The van der Waals surface area contributed by atoms with Crippen molar-refractivity contribution in [2.75, 3.05) is 19.7 Å². The number of ether oxygens (including phenoxy) is 2. The van der Waals surface area contributed by atoms with Crippen LogP contribution < -0.4 is 0 Å². The summed E-state index contributed by atoms with van der Waals surface area (Å²) in [6.45, 7) is 6.96. The molecule has 1 aliphatic carbocycles. The number of benzene rings is 2. The van der Waals surface area contributed by atoms with Gasteiger partial charge in [0.15, 0.2) is 6.04 Å². The second kappa shape index (κ2) is 9.00. The topological polar surface area (TPSA) is 96.4 Å². The summed E-state index contributed by atoms with van der Waals surface area (Å²) in [7, 11) is 0. The number of carboxylic acids is 1. The van der Waals surface area contributed by atoms with Crippen molar-refractivity contribution >= 4 is 18.2 Å². The maximum Gasteiger partial charge on any atom is 0.410 e. The van der Waals surface area contributed by atoms with Crippen LogP contribution in [0.15, 0.2) is 48.5 Å². The van der Waals surface area contributed by atoms with Gasteiger partial charge < -0.3 is 19.5 Å². The Labute approximate surface area is 199 Å². The van der Waals surface area contributed by atoms with Crippen LogP contribution in [0.3, 0.4) is 0 Å². The minimum atomic E-state index is -1.22. The van der Waals surface area contributed by atoms with Gasteiger partial charge in [-0.15, -0.1) is 0 Å². The molecule has 0 radical (unpaired) electrons. The summed E-state index contributed by atoms with van der Waals surface area (Å²) in [5.41, 5.74) is 3.67. The van der Waals surface area contributed by atoms with E-state index < -0.39 is 35.8 Å². The largest absolute Gasteiger partial charge is 0.480 e. The Morgan fingerprint density at radius 3 is 2.00 bits per heavy atom. The SMILES string of the molecule is C[C@@H]1CN(C(=O)OCC2c3ccccc3-c3ccccc32)[C@@H](C(=O)O)CN1C(=O)OC(C)(C)C. The van der Waals surface area contributed by atoms with E-state index in [1.54, 1.807) is 27.7 Å². The Balaban J connectivity index is 1.48. The maximum absolute atomic E-state index is 13.1. The average molecular weight is 467 g/mol. The molecule has 0 unspecified atom stereocenters. The van der Waals surface area contributed by atoms with Crippen LogP contribution in [-0.4, -0.2) is 70.4 Å². The molecule has 2 aromatic rings. The molecule has 1 N–H and O–H groups in total. The number of rotatable bonds is 3. The minimum absolute atomic E-state index is 0.0346. The smallest absolute Gasteiger partial charge is 0.410 e. The lowest BCUT2D eigenvalue weighted by Gasteiger charge is -2.43. The number of aliphatic carboxylic acids is 1. The maximum atomic E-state index is 13.1. The average Bonchev–Trinajstić information content (AvgIpc) is 3.09. The highest BCUT2D eigenvalue weighted by Gasteiger charge is 2.43. The molecule has 180 valence electrons. The molecule has 1 aliphatic heterocycles. The van der Waals surface area contributed by atoms with Crippen molar-refractivity contribution in [3.8, 4) is 11.1 Å². The summed E-state index contributed by atoms with van der Waals surface area (Å²) in [5, 5.41) is 9.79. The Bertz CT molecular complexity index is 1060. The normalized spacial score (nSPS) is 19.9. The molecule has 2 atom stereocenters. The van der Waals surface area contributed by atoms with Crippen LogP contribution in [0.4, 0.5) is 9.59 Å². The lowest BCUT2D eigenvalue weighted by molar-refractivity contribution is -0.145. The molecule has 1 heterocycles. The van der Waals surface area contributed by atoms with Gasteiger partial charge in [-0.05, 0) is 49.9 Å². The van der Waals surface area contributed by atoms with Crippen molar-refractivity contribution in [1.29, 1.82) is 0 Å². The number of hydrogen-bond acceptors (Lipinski definition) is 5. The number of hydrogen-bond donors (Lipinski definition) is 1. The van der Waals surface area contributed by atoms with Crippen LogP contribution in [0.25, 0.3) is 11.1 Å². The number of fused-ring (bicyclic) bond motifs is 3. The molecule has 0 saturated carbocycles. The van der Waals surface area contributed by atoms with Crippen LogP contribution >= 0.6 is 0 Å². The van der Waals surface area contributed by atoms with Gasteiger partial charge >= 0.3 is 18.2 Å². The number of amides is 2. The Morgan fingerprint density at radius 1 is 0.912 bits per heavy atom. The fourth-order valence-corrected chi connectivity index (χ4v) is 4.64. The number of piperazine rings is 1. The first-order chi connectivity index (χ1) is 16.1. The summed E-state index contributed by atoms with van der Waals surface area (Å²) in [4.78, 5) is 40.2. The Morgan fingerprint density at radius 2 is 1.47 bits per heavy atom. The molecule has 0 spiro atoms. The first kappa shape index (κ1) is 23.6. The van der Waals surface area contributed by atoms with Crippen molar-refractivity contribution in [2.24, 2.45) is 0 Å². The highest BCUT2D eigenvalue weighted by atomic mass is 16.6. The van der Waals surface area contributed by atoms with Crippen molar-refractivity contribution in [1.82, 2.24) is 9.80 Å². The van der Waals surface area contributed by atoms with E-state index in [0.717, 1.165) is 22.3 Å². The molecule has 0 bridgehead atoms.